The van der Waals surface area contributed by atoms with Crippen molar-refractivity contribution < 1.29 is 9.53 Å². The topological polar surface area (TPSA) is 125 Å². The van der Waals surface area contributed by atoms with Crippen LogP contribution in [0.5, 0.6) is 0 Å². The van der Waals surface area contributed by atoms with Crippen molar-refractivity contribution >= 4 is 17.3 Å². The number of imidazole rings is 1. The van der Waals surface area contributed by atoms with Gasteiger partial charge in [-0.3, -0.25) is 14.8 Å². The third-order valence-electron chi connectivity index (χ3n) is 3.85. The first kappa shape index (κ1) is 17.1. The number of aromatic nitrogens is 4. The van der Waals surface area contributed by atoms with Crippen molar-refractivity contribution in [3.8, 4) is 0 Å². The van der Waals surface area contributed by atoms with Crippen LogP contribution in [0.4, 0.5) is 4.79 Å². The van der Waals surface area contributed by atoms with E-state index in [1.165, 1.54) is 6.33 Å². The number of rotatable bonds is 2. The summed E-state index contributed by atoms with van der Waals surface area (Å²) in [6.45, 7) is 6.66. The van der Waals surface area contributed by atoms with Gasteiger partial charge >= 0.3 is 11.8 Å². The number of H-pyrrole nitrogens is 2. The summed E-state index contributed by atoms with van der Waals surface area (Å²) < 4.78 is 6.94. The number of amides is 1. The highest BCUT2D eigenvalue weighted by Crippen LogP contribution is 2.14. The molecule has 0 saturated carbocycles. The standard InChI is InChI=1S/C15H22N6O4/c1-15(2,3)25-14(24)17-9-5-4-6-20(7-9)21-8-16-10-11(21)18-13(23)19-12(10)22/h8-9H,4-7H2,1-3H3,(H,17,24)(H2,18,19,22,23)/t9-/m1/s1. The van der Waals surface area contributed by atoms with Gasteiger partial charge in [-0.15, -0.1) is 0 Å². The zero-order chi connectivity index (χ0) is 18.2. The molecule has 10 nitrogen and oxygen atoms in total. The summed E-state index contributed by atoms with van der Waals surface area (Å²) in [5.74, 6) is 0. The molecule has 25 heavy (non-hydrogen) atoms. The van der Waals surface area contributed by atoms with Crippen LogP contribution in [0.25, 0.3) is 11.2 Å². The van der Waals surface area contributed by atoms with Gasteiger partial charge in [-0.1, -0.05) is 0 Å². The summed E-state index contributed by atoms with van der Waals surface area (Å²) in [5, 5.41) is 4.79. The van der Waals surface area contributed by atoms with Gasteiger partial charge in [-0.2, -0.15) is 0 Å². The van der Waals surface area contributed by atoms with Crippen molar-refractivity contribution in [2.45, 2.75) is 45.3 Å². The molecular formula is C15H22N6O4. The third-order valence-corrected chi connectivity index (χ3v) is 3.85. The van der Waals surface area contributed by atoms with E-state index in [1.807, 2.05) is 25.8 Å². The third kappa shape index (κ3) is 3.83. The molecule has 3 rings (SSSR count). The largest absolute Gasteiger partial charge is 0.444 e. The van der Waals surface area contributed by atoms with Crippen LogP contribution in [-0.4, -0.2) is 50.5 Å². The Hall–Kier alpha value is -2.78. The average molecular weight is 350 g/mol. The monoisotopic (exact) mass is 350 g/mol. The molecule has 1 amide bonds. The minimum absolute atomic E-state index is 0.102. The first-order chi connectivity index (χ1) is 11.7. The number of carbonyl (C=O) groups excluding carboxylic acids is 1. The lowest BCUT2D eigenvalue weighted by Gasteiger charge is -2.35. The summed E-state index contributed by atoms with van der Waals surface area (Å²) in [6.07, 6.45) is 2.69. The second kappa shape index (κ2) is 6.26. The molecule has 3 heterocycles. The number of carbonyl (C=O) groups is 1. The Kier molecular flexibility index (Phi) is 4.27. The molecule has 136 valence electrons. The van der Waals surface area contributed by atoms with E-state index in [2.05, 4.69) is 20.3 Å². The van der Waals surface area contributed by atoms with Crippen LogP contribution in [0.2, 0.25) is 0 Å². The van der Waals surface area contributed by atoms with Gasteiger partial charge in [-0.05, 0) is 33.6 Å². The Labute approximate surface area is 143 Å². The molecule has 1 aliphatic heterocycles. The molecule has 0 spiro atoms. The lowest BCUT2D eigenvalue weighted by molar-refractivity contribution is 0.0498. The van der Waals surface area contributed by atoms with E-state index in [0.717, 1.165) is 12.8 Å². The fraction of sp³-hybridized carbons (Fsp3) is 0.600. The Morgan fingerprint density at radius 3 is 2.84 bits per heavy atom. The molecule has 0 radical (unpaired) electrons. The van der Waals surface area contributed by atoms with Crippen molar-refractivity contribution in [2.24, 2.45) is 0 Å². The quantitative estimate of drug-likeness (QED) is 0.702. The van der Waals surface area contributed by atoms with Gasteiger partial charge in [0.15, 0.2) is 11.2 Å². The maximum Gasteiger partial charge on any atom is 0.407 e. The van der Waals surface area contributed by atoms with E-state index >= 15 is 0 Å². The van der Waals surface area contributed by atoms with Crippen LogP contribution in [0.3, 0.4) is 0 Å². The highest BCUT2D eigenvalue weighted by Gasteiger charge is 2.25. The highest BCUT2D eigenvalue weighted by molar-refractivity contribution is 5.69. The Bertz CT molecular complexity index is 890. The maximum atomic E-state index is 12.0. The number of alkyl carbamates (subject to hydrolysis) is 1. The van der Waals surface area contributed by atoms with Gasteiger partial charge in [0.05, 0.1) is 12.6 Å². The highest BCUT2D eigenvalue weighted by atomic mass is 16.6. The first-order valence-corrected chi connectivity index (χ1v) is 8.17. The van der Waals surface area contributed by atoms with Crippen molar-refractivity contribution in [3.05, 3.63) is 27.2 Å². The number of fused-ring (bicyclic) bond motifs is 1. The maximum absolute atomic E-state index is 12.0. The fourth-order valence-electron chi connectivity index (χ4n) is 2.88. The average Bonchev–Trinajstić information content (AvgIpc) is 2.89. The van der Waals surface area contributed by atoms with Crippen LogP contribution < -0.4 is 21.6 Å². The molecule has 1 fully saturated rings. The molecule has 1 atom stereocenters. The molecule has 0 bridgehead atoms. The van der Waals surface area contributed by atoms with Crippen molar-refractivity contribution in [2.75, 3.05) is 18.1 Å². The molecular weight excluding hydrogens is 328 g/mol. The summed E-state index contributed by atoms with van der Waals surface area (Å²) in [6, 6.07) is -0.102. The lowest BCUT2D eigenvalue weighted by atomic mass is 10.1. The zero-order valence-corrected chi connectivity index (χ0v) is 14.5. The Morgan fingerprint density at radius 1 is 1.36 bits per heavy atom. The Morgan fingerprint density at radius 2 is 2.12 bits per heavy atom. The molecule has 1 aliphatic rings. The van der Waals surface area contributed by atoms with Crippen molar-refractivity contribution in [1.82, 2.24) is 24.9 Å². The smallest absolute Gasteiger partial charge is 0.407 e. The van der Waals surface area contributed by atoms with E-state index in [0.29, 0.717) is 18.7 Å². The van der Waals surface area contributed by atoms with Crippen LogP contribution in [0.1, 0.15) is 33.6 Å². The Balaban J connectivity index is 1.77. The molecule has 10 heteroatoms. The number of ether oxygens (including phenoxy) is 1. The van der Waals surface area contributed by atoms with Gasteiger partial charge in [-0.25, -0.2) is 19.2 Å². The van der Waals surface area contributed by atoms with Gasteiger partial charge in [0.2, 0.25) is 0 Å². The van der Waals surface area contributed by atoms with E-state index in [9.17, 15) is 14.4 Å². The molecule has 0 aliphatic carbocycles. The molecule has 0 unspecified atom stereocenters. The number of nitrogens with zero attached hydrogens (tertiary/aromatic N) is 3. The zero-order valence-electron chi connectivity index (χ0n) is 14.5. The minimum Gasteiger partial charge on any atom is -0.444 e. The SMILES string of the molecule is CC(C)(C)OC(=O)N[C@@H]1CCCN(n2cnc3c(=O)[nH]c(=O)[nH]c32)C1. The molecule has 3 N–H and O–H groups in total. The number of nitrogens with one attached hydrogen (secondary N) is 3. The minimum atomic E-state index is -0.584. The first-order valence-electron chi connectivity index (χ1n) is 8.17. The van der Waals surface area contributed by atoms with Gasteiger partial charge in [0.1, 0.15) is 11.9 Å². The normalized spacial score (nSPS) is 18.4. The van der Waals surface area contributed by atoms with Crippen LogP contribution in [-0.2, 0) is 4.74 Å². The predicted octanol–water partition coefficient (Wildman–Crippen LogP) is 0.0380. The van der Waals surface area contributed by atoms with Crippen LogP contribution in [0.15, 0.2) is 15.9 Å². The molecule has 1 saturated heterocycles. The fourth-order valence-corrected chi connectivity index (χ4v) is 2.88. The lowest BCUT2D eigenvalue weighted by Crippen LogP contribution is -2.52. The number of aromatic amines is 2. The van der Waals surface area contributed by atoms with Crippen LogP contribution in [0, 0.1) is 0 Å². The second-order valence-electron chi connectivity index (χ2n) is 7.09. The van der Waals surface area contributed by atoms with E-state index < -0.39 is 22.9 Å². The van der Waals surface area contributed by atoms with Crippen LogP contribution >= 0.6 is 0 Å². The van der Waals surface area contributed by atoms with E-state index in [1.54, 1.807) is 4.68 Å². The summed E-state index contributed by atoms with van der Waals surface area (Å²) in [4.78, 5) is 44.1. The number of piperidine rings is 1. The predicted molar refractivity (Wildman–Crippen MR) is 91.3 cm³/mol. The summed E-state index contributed by atoms with van der Waals surface area (Å²) >= 11 is 0. The van der Waals surface area contributed by atoms with Gasteiger partial charge < -0.3 is 15.1 Å². The number of hydrogen-bond donors (Lipinski definition) is 3. The summed E-state index contributed by atoms with van der Waals surface area (Å²) in [7, 11) is 0. The van der Waals surface area contributed by atoms with Gasteiger partial charge in [0.25, 0.3) is 5.56 Å². The van der Waals surface area contributed by atoms with Gasteiger partial charge in [0, 0.05) is 6.54 Å². The molecule has 2 aromatic heterocycles. The van der Waals surface area contributed by atoms with E-state index in [4.69, 9.17) is 4.74 Å². The van der Waals surface area contributed by atoms with E-state index in [-0.39, 0.29) is 11.6 Å². The summed E-state index contributed by atoms with van der Waals surface area (Å²) in [5.41, 5.74) is -1.16. The molecule has 0 aromatic carbocycles. The van der Waals surface area contributed by atoms with Crippen molar-refractivity contribution in [1.29, 1.82) is 0 Å². The second-order valence-corrected chi connectivity index (χ2v) is 7.09. The molecule has 2 aromatic rings. The number of hydrogen-bond acceptors (Lipinski definition) is 6. The van der Waals surface area contributed by atoms with Crippen molar-refractivity contribution in [3.63, 3.8) is 0 Å².